The number of rotatable bonds is 4. The van der Waals surface area contributed by atoms with E-state index in [0.717, 1.165) is 5.56 Å². The molecule has 18 heavy (non-hydrogen) atoms. The van der Waals surface area contributed by atoms with Gasteiger partial charge < -0.3 is 5.43 Å². The largest absolute Gasteiger partial charge is 0.308 e. The monoisotopic (exact) mass is 270 g/mol. The summed E-state index contributed by atoms with van der Waals surface area (Å²) in [6, 6.07) is 3.86. The van der Waals surface area contributed by atoms with E-state index in [0.29, 0.717) is 18.8 Å². The molecule has 1 fully saturated rings. The quantitative estimate of drug-likeness (QED) is 0.591. The third kappa shape index (κ3) is 2.98. The molecular weight excluding hydrogens is 252 g/mol. The standard InChI is InChI=1S/C11H18N4O2S/c1-15(10-4-6-18(16,17)8-10)7-9-3-2-5-13-11(9)14-12/h2-3,5,10H,4,6-8,12H2,1H3,(H,13,14). The van der Waals surface area contributed by atoms with Gasteiger partial charge in [0, 0.05) is 24.3 Å². The summed E-state index contributed by atoms with van der Waals surface area (Å²) in [7, 11) is -0.917. The first kappa shape index (κ1) is 13.3. The van der Waals surface area contributed by atoms with Crippen molar-refractivity contribution in [3.05, 3.63) is 23.9 Å². The average molecular weight is 270 g/mol. The molecule has 1 atom stereocenters. The Bertz CT molecular complexity index is 518. The number of nitrogens with one attached hydrogen (secondary N) is 1. The summed E-state index contributed by atoms with van der Waals surface area (Å²) in [5.74, 6) is 6.56. The average Bonchev–Trinajstić information content (AvgIpc) is 2.70. The number of hydrogen-bond donors (Lipinski definition) is 2. The summed E-state index contributed by atoms with van der Waals surface area (Å²) in [5.41, 5.74) is 3.52. The van der Waals surface area contributed by atoms with E-state index in [1.165, 1.54) is 0 Å². The molecule has 7 heteroatoms. The van der Waals surface area contributed by atoms with E-state index in [2.05, 4.69) is 10.4 Å². The molecule has 1 aliphatic heterocycles. The second-order valence-corrected chi connectivity index (χ2v) is 6.86. The van der Waals surface area contributed by atoms with E-state index in [1.54, 1.807) is 6.20 Å². The van der Waals surface area contributed by atoms with Crippen LogP contribution in [0, 0.1) is 0 Å². The van der Waals surface area contributed by atoms with Gasteiger partial charge in [0.1, 0.15) is 5.82 Å². The van der Waals surface area contributed by atoms with Crippen molar-refractivity contribution >= 4 is 15.7 Å². The molecule has 0 bridgehead atoms. The van der Waals surface area contributed by atoms with Crippen molar-refractivity contribution in [1.29, 1.82) is 0 Å². The van der Waals surface area contributed by atoms with E-state index in [-0.39, 0.29) is 17.5 Å². The summed E-state index contributed by atoms with van der Waals surface area (Å²) in [6.07, 6.45) is 2.36. The summed E-state index contributed by atoms with van der Waals surface area (Å²) in [4.78, 5) is 6.17. The zero-order valence-corrected chi connectivity index (χ0v) is 11.2. The Morgan fingerprint density at radius 1 is 1.61 bits per heavy atom. The van der Waals surface area contributed by atoms with Crippen molar-refractivity contribution in [2.24, 2.45) is 5.84 Å². The highest BCUT2D eigenvalue weighted by Crippen LogP contribution is 2.20. The first-order valence-electron chi connectivity index (χ1n) is 5.83. The Hall–Kier alpha value is -1.18. The van der Waals surface area contributed by atoms with Gasteiger partial charge in [-0.05, 0) is 19.5 Å². The van der Waals surface area contributed by atoms with E-state index >= 15 is 0 Å². The van der Waals surface area contributed by atoms with Gasteiger partial charge in [-0.3, -0.25) is 4.90 Å². The van der Waals surface area contributed by atoms with Gasteiger partial charge in [-0.1, -0.05) is 6.07 Å². The van der Waals surface area contributed by atoms with Crippen LogP contribution in [0.15, 0.2) is 18.3 Å². The number of nitrogen functional groups attached to an aromatic ring is 1. The predicted octanol–water partition coefficient (Wildman–Crippen LogP) is -0.0139. The van der Waals surface area contributed by atoms with Crippen LogP contribution in [-0.4, -0.2) is 42.9 Å². The predicted molar refractivity (Wildman–Crippen MR) is 70.6 cm³/mol. The number of sulfone groups is 1. The summed E-state index contributed by atoms with van der Waals surface area (Å²) in [6.45, 7) is 0.632. The minimum Gasteiger partial charge on any atom is -0.308 e. The van der Waals surface area contributed by atoms with Crippen LogP contribution in [0.5, 0.6) is 0 Å². The van der Waals surface area contributed by atoms with Crippen molar-refractivity contribution in [3.63, 3.8) is 0 Å². The number of aromatic nitrogens is 1. The SMILES string of the molecule is CN(Cc1cccnc1NN)C1CCS(=O)(=O)C1. The molecule has 0 aromatic carbocycles. The Morgan fingerprint density at radius 3 is 3.00 bits per heavy atom. The van der Waals surface area contributed by atoms with Crippen LogP contribution >= 0.6 is 0 Å². The van der Waals surface area contributed by atoms with Crippen LogP contribution < -0.4 is 11.3 Å². The van der Waals surface area contributed by atoms with Crippen LogP contribution in [0.2, 0.25) is 0 Å². The van der Waals surface area contributed by atoms with Crippen LogP contribution in [0.3, 0.4) is 0 Å². The lowest BCUT2D eigenvalue weighted by molar-refractivity contribution is 0.254. The maximum Gasteiger partial charge on any atom is 0.151 e. The van der Waals surface area contributed by atoms with Gasteiger partial charge in [0.2, 0.25) is 0 Å². The van der Waals surface area contributed by atoms with Crippen LogP contribution in [0.4, 0.5) is 5.82 Å². The lowest BCUT2D eigenvalue weighted by Crippen LogP contribution is -2.32. The van der Waals surface area contributed by atoms with Gasteiger partial charge in [0.15, 0.2) is 9.84 Å². The molecule has 1 aromatic rings. The van der Waals surface area contributed by atoms with Gasteiger partial charge in [-0.15, -0.1) is 0 Å². The fourth-order valence-electron chi connectivity index (χ4n) is 2.22. The van der Waals surface area contributed by atoms with Crippen molar-refractivity contribution in [3.8, 4) is 0 Å². The molecule has 1 unspecified atom stereocenters. The highest BCUT2D eigenvalue weighted by molar-refractivity contribution is 7.91. The Kier molecular flexibility index (Phi) is 3.84. The van der Waals surface area contributed by atoms with Crippen molar-refractivity contribution in [1.82, 2.24) is 9.88 Å². The summed E-state index contributed by atoms with van der Waals surface area (Å²) >= 11 is 0. The molecule has 1 aromatic heterocycles. The number of anilines is 1. The van der Waals surface area contributed by atoms with Gasteiger partial charge in [-0.2, -0.15) is 0 Å². The number of hydrazine groups is 1. The van der Waals surface area contributed by atoms with Gasteiger partial charge in [-0.25, -0.2) is 19.2 Å². The van der Waals surface area contributed by atoms with Crippen LogP contribution in [-0.2, 0) is 16.4 Å². The van der Waals surface area contributed by atoms with Crippen LogP contribution in [0.1, 0.15) is 12.0 Å². The minimum absolute atomic E-state index is 0.0841. The molecule has 2 rings (SSSR count). The smallest absolute Gasteiger partial charge is 0.151 e. The highest BCUT2D eigenvalue weighted by atomic mass is 32.2. The molecule has 100 valence electrons. The molecule has 2 heterocycles. The van der Waals surface area contributed by atoms with Crippen molar-refractivity contribution in [2.45, 2.75) is 19.0 Å². The van der Waals surface area contributed by atoms with Crippen molar-refractivity contribution in [2.75, 3.05) is 24.0 Å². The van der Waals surface area contributed by atoms with Crippen molar-refractivity contribution < 1.29 is 8.42 Å². The second-order valence-electron chi connectivity index (χ2n) is 4.63. The lowest BCUT2D eigenvalue weighted by Gasteiger charge is -2.23. The summed E-state index contributed by atoms with van der Waals surface area (Å²) in [5, 5.41) is 0. The fraction of sp³-hybridized carbons (Fsp3) is 0.545. The third-order valence-corrected chi connectivity index (χ3v) is 5.03. The lowest BCUT2D eigenvalue weighted by atomic mass is 10.2. The number of pyridine rings is 1. The summed E-state index contributed by atoms with van der Waals surface area (Å²) < 4.78 is 22.9. The minimum atomic E-state index is -2.85. The van der Waals surface area contributed by atoms with Gasteiger partial charge in [0.05, 0.1) is 11.5 Å². The highest BCUT2D eigenvalue weighted by Gasteiger charge is 2.30. The number of nitrogens with zero attached hydrogens (tertiary/aromatic N) is 2. The maximum atomic E-state index is 11.4. The molecule has 0 spiro atoms. The first-order chi connectivity index (χ1) is 8.52. The molecule has 3 N–H and O–H groups in total. The normalized spacial score (nSPS) is 22.3. The Balaban J connectivity index is 2.05. The Labute approximate surface area is 107 Å². The van der Waals surface area contributed by atoms with E-state index in [9.17, 15) is 8.42 Å². The molecular formula is C11H18N4O2S. The molecule has 0 radical (unpaired) electrons. The third-order valence-electron chi connectivity index (χ3n) is 3.28. The number of nitrogens with two attached hydrogens (primary N) is 1. The maximum absolute atomic E-state index is 11.4. The zero-order valence-electron chi connectivity index (χ0n) is 10.3. The zero-order chi connectivity index (χ0) is 13.2. The molecule has 0 amide bonds. The fourth-order valence-corrected chi connectivity index (χ4v) is 4.02. The van der Waals surface area contributed by atoms with Crippen LogP contribution in [0.25, 0.3) is 0 Å². The van der Waals surface area contributed by atoms with E-state index in [4.69, 9.17) is 5.84 Å². The molecule has 1 saturated heterocycles. The molecule has 0 saturated carbocycles. The van der Waals surface area contributed by atoms with Gasteiger partial charge in [0.25, 0.3) is 0 Å². The first-order valence-corrected chi connectivity index (χ1v) is 7.65. The van der Waals surface area contributed by atoms with E-state index in [1.807, 2.05) is 24.1 Å². The topological polar surface area (TPSA) is 88.3 Å². The Morgan fingerprint density at radius 2 is 2.39 bits per heavy atom. The molecule has 6 nitrogen and oxygen atoms in total. The van der Waals surface area contributed by atoms with Gasteiger partial charge >= 0.3 is 0 Å². The number of hydrogen-bond acceptors (Lipinski definition) is 6. The molecule has 0 aliphatic carbocycles. The van der Waals surface area contributed by atoms with E-state index < -0.39 is 9.84 Å². The molecule has 1 aliphatic rings. The second kappa shape index (κ2) is 5.21.